The Hall–Kier alpha value is -1.49. The molecule has 0 saturated carbocycles. The molecule has 0 spiro atoms. The minimum absolute atomic E-state index is 0.256. The normalized spacial score (nSPS) is 27.6. The zero-order valence-electron chi connectivity index (χ0n) is 12.3. The van der Waals surface area contributed by atoms with E-state index in [0.717, 1.165) is 0 Å². The summed E-state index contributed by atoms with van der Waals surface area (Å²) >= 11 is 0. The number of fused-ring (bicyclic) bond motifs is 1. The first kappa shape index (κ1) is 16.4. The van der Waals surface area contributed by atoms with E-state index in [2.05, 4.69) is 14.5 Å². The van der Waals surface area contributed by atoms with E-state index >= 15 is 0 Å². The van der Waals surface area contributed by atoms with E-state index in [9.17, 15) is 9.67 Å². The number of nitrogen functional groups attached to an aromatic ring is 1. The summed E-state index contributed by atoms with van der Waals surface area (Å²) in [6.45, 7) is 0.0477. The monoisotopic (exact) mass is 347 g/mol. The van der Waals surface area contributed by atoms with Crippen LogP contribution in [0.3, 0.4) is 0 Å². The first-order valence-electron chi connectivity index (χ1n) is 6.88. The van der Waals surface area contributed by atoms with E-state index in [4.69, 9.17) is 20.3 Å². The maximum absolute atomic E-state index is 10.8. The van der Waals surface area contributed by atoms with E-state index in [-0.39, 0.29) is 6.42 Å². The summed E-state index contributed by atoms with van der Waals surface area (Å²) in [5.74, 6) is 0.939. The van der Waals surface area contributed by atoms with Crippen molar-refractivity contribution in [1.29, 1.82) is 0 Å². The van der Waals surface area contributed by atoms with Gasteiger partial charge in [-0.2, -0.15) is 0 Å². The lowest BCUT2D eigenvalue weighted by molar-refractivity contribution is -0.0216. The molecule has 1 aromatic heterocycles. The van der Waals surface area contributed by atoms with Gasteiger partial charge in [-0.15, -0.1) is 0 Å². The van der Waals surface area contributed by atoms with Gasteiger partial charge in [0.15, 0.2) is 11.6 Å². The van der Waals surface area contributed by atoms with Crippen molar-refractivity contribution in [3.8, 4) is 0 Å². The van der Waals surface area contributed by atoms with Crippen molar-refractivity contribution in [3.05, 3.63) is 6.33 Å². The number of aliphatic hydroxyl groups is 1. The summed E-state index contributed by atoms with van der Waals surface area (Å²) in [6.07, 6.45) is -0.637. The van der Waals surface area contributed by atoms with Gasteiger partial charge in [-0.1, -0.05) is 0 Å². The lowest BCUT2D eigenvalue weighted by Crippen LogP contribution is -2.38. The number of nitrogens with zero attached hydrogens (tertiary/aromatic N) is 4. The Morgan fingerprint density at radius 1 is 1.52 bits per heavy atom. The molecule has 2 aliphatic rings. The summed E-state index contributed by atoms with van der Waals surface area (Å²) in [4.78, 5) is 29.3. The zero-order chi connectivity index (χ0) is 16.8. The average molecular weight is 347 g/mol. The summed E-state index contributed by atoms with van der Waals surface area (Å²) in [5, 5.41) is 10.0. The van der Waals surface area contributed by atoms with E-state index in [1.165, 1.54) is 6.33 Å². The quantitative estimate of drug-likeness (QED) is 0.488. The number of phosphoric acid groups is 1. The average Bonchev–Trinajstić information content (AvgIpc) is 2.98. The van der Waals surface area contributed by atoms with E-state index in [1.54, 1.807) is 0 Å². The minimum Gasteiger partial charge on any atom is -0.390 e. The Bertz CT molecular complexity index is 641. The van der Waals surface area contributed by atoms with Crippen LogP contribution in [0.25, 0.3) is 0 Å². The molecular formula is C11H18N5O6P. The largest absolute Gasteiger partial charge is 0.469 e. The molecule has 12 heteroatoms. The van der Waals surface area contributed by atoms with Crippen molar-refractivity contribution >= 4 is 25.1 Å². The second-order valence-electron chi connectivity index (χ2n) is 5.46. The fourth-order valence-corrected chi connectivity index (χ4v) is 3.12. The highest BCUT2D eigenvalue weighted by Crippen LogP contribution is 2.41. The molecule has 0 aromatic carbocycles. The molecule has 3 heterocycles. The van der Waals surface area contributed by atoms with Crippen molar-refractivity contribution < 1.29 is 28.7 Å². The molecule has 1 saturated heterocycles. The second kappa shape index (κ2) is 5.86. The highest BCUT2D eigenvalue weighted by molar-refractivity contribution is 7.46. The van der Waals surface area contributed by atoms with Crippen molar-refractivity contribution in [3.63, 3.8) is 0 Å². The molecule has 1 aromatic rings. The Kier molecular flexibility index (Phi) is 4.17. The highest BCUT2D eigenvalue weighted by atomic mass is 31.2. The number of aliphatic hydroxyl groups excluding tert-OH is 1. The number of rotatable bonds is 4. The molecule has 2 aliphatic heterocycles. The summed E-state index contributed by atoms with van der Waals surface area (Å²) in [7, 11) is -2.78. The van der Waals surface area contributed by atoms with Crippen LogP contribution in [-0.4, -0.2) is 63.6 Å². The van der Waals surface area contributed by atoms with E-state index < -0.39 is 32.9 Å². The number of phosphoric ester groups is 1. The minimum atomic E-state index is -4.61. The molecule has 11 nitrogen and oxygen atoms in total. The van der Waals surface area contributed by atoms with Crippen LogP contribution in [0.5, 0.6) is 0 Å². The maximum Gasteiger partial charge on any atom is 0.469 e. The first-order chi connectivity index (χ1) is 10.8. The number of hydrogen-bond donors (Lipinski definition) is 4. The number of hydrogen-bond acceptors (Lipinski definition) is 9. The Labute approximate surface area is 131 Å². The third kappa shape index (κ3) is 3.25. The van der Waals surface area contributed by atoms with Gasteiger partial charge in [0, 0.05) is 13.5 Å². The Balaban J connectivity index is 1.73. The Morgan fingerprint density at radius 3 is 2.96 bits per heavy atom. The number of ether oxygens (including phenoxy) is 1. The first-order valence-corrected chi connectivity index (χ1v) is 8.41. The second-order valence-corrected chi connectivity index (χ2v) is 6.70. The molecule has 3 rings (SSSR count). The molecule has 3 atom stereocenters. The van der Waals surface area contributed by atoms with Crippen LogP contribution in [0.15, 0.2) is 6.33 Å². The summed E-state index contributed by atoms with van der Waals surface area (Å²) in [6, 6.07) is 0. The van der Waals surface area contributed by atoms with Gasteiger partial charge in [0.05, 0.1) is 19.4 Å². The van der Waals surface area contributed by atoms with Crippen molar-refractivity contribution in [2.24, 2.45) is 0 Å². The van der Waals surface area contributed by atoms with Crippen molar-refractivity contribution in [1.82, 2.24) is 9.97 Å². The van der Waals surface area contributed by atoms with Crippen LogP contribution >= 0.6 is 7.82 Å². The summed E-state index contributed by atoms with van der Waals surface area (Å²) in [5.41, 5.74) is 6.54. The molecule has 0 radical (unpaired) electrons. The predicted octanol–water partition coefficient (Wildman–Crippen LogP) is -1.14. The highest BCUT2D eigenvalue weighted by Gasteiger charge is 2.42. The van der Waals surface area contributed by atoms with Gasteiger partial charge >= 0.3 is 7.82 Å². The third-order valence-electron chi connectivity index (χ3n) is 3.81. The fraction of sp³-hybridized carbons (Fsp3) is 0.636. The molecule has 1 fully saturated rings. The zero-order valence-corrected chi connectivity index (χ0v) is 13.2. The van der Waals surface area contributed by atoms with Crippen LogP contribution in [0, 0.1) is 0 Å². The number of nitrogens with two attached hydrogens (primary N) is 1. The van der Waals surface area contributed by atoms with Crippen LogP contribution in [0.2, 0.25) is 0 Å². The molecule has 0 unspecified atom stereocenters. The number of aromatic nitrogens is 2. The SMILES string of the molecule is CN1CN([C@H]2C[C@H](O)[C@@H](COP(=O)(O)O)O2)c2ncnc(N)c21. The van der Waals surface area contributed by atoms with Crippen molar-refractivity contribution in [2.75, 3.05) is 35.9 Å². The molecule has 0 aliphatic carbocycles. The number of anilines is 3. The molecular weight excluding hydrogens is 329 g/mol. The molecule has 23 heavy (non-hydrogen) atoms. The fourth-order valence-electron chi connectivity index (χ4n) is 2.78. The van der Waals surface area contributed by atoms with Gasteiger partial charge < -0.3 is 35.2 Å². The standard InChI is InChI=1S/C11H18N5O6P/c1-15-5-16(11-9(15)10(12)13-4-14-11)8-2-6(17)7(22-8)3-21-23(18,19)20/h4,6-8,17H,2-3,5H2,1H3,(H2,12,13,14)(H2,18,19,20)/t6-,7+,8+/m0/s1. The van der Waals surface area contributed by atoms with Crippen LogP contribution in [0.4, 0.5) is 17.3 Å². The topological polar surface area (TPSA) is 155 Å². The van der Waals surface area contributed by atoms with Gasteiger partial charge in [-0.3, -0.25) is 4.52 Å². The van der Waals surface area contributed by atoms with Crippen molar-refractivity contribution in [2.45, 2.75) is 24.9 Å². The molecule has 0 bridgehead atoms. The third-order valence-corrected chi connectivity index (χ3v) is 4.29. The van der Waals surface area contributed by atoms with Gasteiger partial charge in [0.2, 0.25) is 0 Å². The smallest absolute Gasteiger partial charge is 0.390 e. The summed E-state index contributed by atoms with van der Waals surface area (Å²) < 4.78 is 20.9. The van der Waals surface area contributed by atoms with Crippen LogP contribution < -0.4 is 15.5 Å². The van der Waals surface area contributed by atoms with Gasteiger partial charge in [0.25, 0.3) is 0 Å². The van der Waals surface area contributed by atoms with E-state index in [1.807, 2.05) is 16.8 Å². The lowest BCUT2D eigenvalue weighted by atomic mass is 10.2. The van der Waals surface area contributed by atoms with Crippen LogP contribution in [0.1, 0.15) is 6.42 Å². The van der Waals surface area contributed by atoms with Crippen LogP contribution in [-0.2, 0) is 13.8 Å². The van der Waals surface area contributed by atoms with Gasteiger partial charge in [0.1, 0.15) is 24.3 Å². The molecule has 0 amide bonds. The van der Waals surface area contributed by atoms with Gasteiger partial charge in [-0.25, -0.2) is 14.5 Å². The molecule has 5 N–H and O–H groups in total. The molecule has 128 valence electrons. The predicted molar refractivity (Wildman–Crippen MR) is 79.5 cm³/mol. The lowest BCUT2D eigenvalue weighted by Gasteiger charge is -2.25. The van der Waals surface area contributed by atoms with E-state index in [0.29, 0.717) is 24.0 Å². The van der Waals surface area contributed by atoms with Gasteiger partial charge in [-0.05, 0) is 0 Å². The Morgan fingerprint density at radius 2 is 2.26 bits per heavy atom. The maximum atomic E-state index is 10.8.